The summed E-state index contributed by atoms with van der Waals surface area (Å²) in [4.78, 5) is 35.3. The van der Waals surface area contributed by atoms with Crippen LogP contribution in [-0.4, -0.2) is 36.6 Å². The monoisotopic (exact) mass is 398 g/mol. The van der Waals surface area contributed by atoms with Gasteiger partial charge in [0.05, 0.1) is 12.2 Å². The minimum absolute atomic E-state index is 0.00920. The zero-order valence-corrected chi connectivity index (χ0v) is 15.9. The Kier molecular flexibility index (Phi) is 6.46. The van der Waals surface area contributed by atoms with Gasteiger partial charge in [-0.2, -0.15) is 0 Å². The lowest BCUT2D eigenvalue weighted by Gasteiger charge is -2.11. The number of hydrogen-bond donors (Lipinski definition) is 3. The first-order chi connectivity index (χ1) is 13.9. The molecular weight excluding hydrogens is 376 g/mol. The summed E-state index contributed by atoms with van der Waals surface area (Å²) in [6.45, 7) is -0.0448. The molecule has 2 aromatic rings. The molecule has 0 aromatic heterocycles. The van der Waals surface area contributed by atoms with Gasteiger partial charge in [-0.25, -0.2) is 4.79 Å². The smallest absolute Gasteiger partial charge is 0.335 e. The molecule has 0 aliphatic heterocycles. The molecule has 1 aliphatic carbocycles. The number of aromatic carboxylic acids is 1. The quantitative estimate of drug-likeness (QED) is 0.598. The summed E-state index contributed by atoms with van der Waals surface area (Å²) in [6.07, 6.45) is 1.83. The lowest BCUT2D eigenvalue weighted by Crippen LogP contribution is -2.20. The van der Waals surface area contributed by atoms with Gasteiger partial charge in [-0.05, 0) is 48.7 Å². The minimum atomic E-state index is -1.10. The minimum Gasteiger partial charge on any atom is -0.484 e. The van der Waals surface area contributed by atoms with Gasteiger partial charge in [0.2, 0.25) is 5.91 Å². The van der Waals surface area contributed by atoms with Gasteiger partial charge in [0.1, 0.15) is 5.75 Å². The zero-order chi connectivity index (χ0) is 20.8. The van der Waals surface area contributed by atoms with Crippen molar-refractivity contribution < 1.29 is 29.0 Å². The summed E-state index contributed by atoms with van der Waals surface area (Å²) in [5, 5.41) is 14.6. The second-order valence-electron chi connectivity index (χ2n) is 6.78. The van der Waals surface area contributed by atoms with Gasteiger partial charge in [-0.1, -0.05) is 6.07 Å². The Morgan fingerprint density at radius 1 is 1.07 bits per heavy atom. The normalized spacial score (nSPS) is 12.9. The summed E-state index contributed by atoms with van der Waals surface area (Å²) in [5.74, 6) is -1.02. The molecule has 8 nitrogen and oxygen atoms in total. The highest BCUT2D eigenvalue weighted by atomic mass is 16.5. The molecule has 0 bridgehead atoms. The molecule has 2 amide bonds. The molecule has 0 saturated heterocycles. The number of carbonyl (C=O) groups is 3. The summed E-state index contributed by atoms with van der Waals surface area (Å²) in [5.41, 5.74) is 1.63. The van der Waals surface area contributed by atoms with Crippen molar-refractivity contribution in [3.63, 3.8) is 0 Å². The Bertz CT molecular complexity index is 923. The van der Waals surface area contributed by atoms with Crippen molar-refractivity contribution in [1.29, 1.82) is 0 Å². The molecule has 3 N–H and O–H groups in total. The predicted octanol–water partition coefficient (Wildman–Crippen LogP) is 2.90. The van der Waals surface area contributed by atoms with Crippen molar-refractivity contribution in [2.45, 2.75) is 19.4 Å². The third-order valence-corrected chi connectivity index (χ3v) is 4.25. The van der Waals surface area contributed by atoms with Crippen LogP contribution < -0.4 is 15.4 Å². The molecule has 152 valence electrons. The zero-order valence-electron chi connectivity index (χ0n) is 15.9. The Hall–Kier alpha value is -3.39. The number of nitrogens with one attached hydrogen (secondary N) is 2. The van der Waals surface area contributed by atoms with Gasteiger partial charge in [0.15, 0.2) is 6.61 Å². The van der Waals surface area contributed by atoms with Crippen molar-refractivity contribution in [2.24, 2.45) is 5.92 Å². The molecule has 0 spiro atoms. The number of rotatable bonds is 9. The van der Waals surface area contributed by atoms with Gasteiger partial charge in [-0.3, -0.25) is 9.59 Å². The highest BCUT2D eigenvalue weighted by Crippen LogP contribution is 2.30. The van der Waals surface area contributed by atoms with E-state index < -0.39 is 11.9 Å². The van der Waals surface area contributed by atoms with Gasteiger partial charge in [-0.15, -0.1) is 0 Å². The average molecular weight is 398 g/mol. The molecular formula is C21H22N2O6. The van der Waals surface area contributed by atoms with Gasteiger partial charge in [0, 0.05) is 30.5 Å². The second kappa shape index (κ2) is 9.20. The Balaban J connectivity index is 1.58. The summed E-state index contributed by atoms with van der Waals surface area (Å²) < 4.78 is 10.5. The van der Waals surface area contributed by atoms with Crippen molar-refractivity contribution in [3.05, 3.63) is 53.6 Å². The molecule has 0 unspecified atom stereocenters. The molecule has 1 saturated carbocycles. The maximum Gasteiger partial charge on any atom is 0.335 e. The molecule has 0 radical (unpaired) electrons. The van der Waals surface area contributed by atoms with Crippen LogP contribution in [0.4, 0.5) is 11.4 Å². The van der Waals surface area contributed by atoms with E-state index in [0.717, 1.165) is 12.8 Å². The maximum atomic E-state index is 12.2. The number of methoxy groups -OCH3 is 1. The highest BCUT2D eigenvalue weighted by Gasteiger charge is 2.29. The van der Waals surface area contributed by atoms with E-state index in [1.807, 2.05) is 0 Å². The largest absolute Gasteiger partial charge is 0.484 e. The van der Waals surface area contributed by atoms with Crippen LogP contribution in [0.2, 0.25) is 0 Å². The van der Waals surface area contributed by atoms with Crippen LogP contribution in [0.1, 0.15) is 28.8 Å². The van der Waals surface area contributed by atoms with Crippen LogP contribution in [0.3, 0.4) is 0 Å². The lowest BCUT2D eigenvalue weighted by molar-refractivity contribution is -0.118. The number of anilines is 2. The number of hydrogen-bond acceptors (Lipinski definition) is 5. The van der Waals surface area contributed by atoms with Crippen LogP contribution in [0.25, 0.3) is 0 Å². The van der Waals surface area contributed by atoms with Gasteiger partial charge in [0.25, 0.3) is 5.91 Å². The fraction of sp³-hybridized carbons (Fsp3) is 0.286. The number of carboxylic acid groups (broad SMARTS) is 1. The molecule has 8 heteroatoms. The van der Waals surface area contributed by atoms with Crippen molar-refractivity contribution in [1.82, 2.24) is 0 Å². The van der Waals surface area contributed by atoms with Crippen molar-refractivity contribution in [3.8, 4) is 5.75 Å². The SMILES string of the molecule is COCc1cc(NC(=O)COc2cccc(NC(=O)C3CC3)c2)cc(C(=O)O)c1. The first-order valence-electron chi connectivity index (χ1n) is 9.14. The first kappa shape index (κ1) is 20.3. The Morgan fingerprint density at radius 2 is 1.86 bits per heavy atom. The Morgan fingerprint density at radius 3 is 2.55 bits per heavy atom. The third-order valence-electron chi connectivity index (χ3n) is 4.25. The molecule has 0 atom stereocenters. The van der Waals surface area contributed by atoms with E-state index >= 15 is 0 Å². The number of benzene rings is 2. The first-order valence-corrected chi connectivity index (χ1v) is 9.14. The molecule has 1 fully saturated rings. The van der Waals surface area contributed by atoms with Crippen LogP contribution in [0.5, 0.6) is 5.75 Å². The fourth-order valence-corrected chi connectivity index (χ4v) is 2.74. The van der Waals surface area contributed by atoms with Crippen LogP contribution in [0.15, 0.2) is 42.5 Å². The topological polar surface area (TPSA) is 114 Å². The van der Waals surface area contributed by atoms with E-state index in [-0.39, 0.29) is 30.6 Å². The maximum absolute atomic E-state index is 12.2. The molecule has 0 heterocycles. The van der Waals surface area contributed by atoms with E-state index in [4.69, 9.17) is 9.47 Å². The molecule has 2 aromatic carbocycles. The van der Waals surface area contributed by atoms with E-state index in [2.05, 4.69) is 10.6 Å². The predicted molar refractivity (Wildman–Crippen MR) is 106 cm³/mol. The third kappa shape index (κ3) is 6.05. The van der Waals surface area contributed by atoms with E-state index in [1.165, 1.54) is 19.2 Å². The van der Waals surface area contributed by atoms with Crippen LogP contribution >= 0.6 is 0 Å². The van der Waals surface area contributed by atoms with E-state index in [9.17, 15) is 19.5 Å². The van der Waals surface area contributed by atoms with E-state index in [0.29, 0.717) is 22.7 Å². The van der Waals surface area contributed by atoms with Crippen molar-refractivity contribution >= 4 is 29.2 Å². The summed E-state index contributed by atoms with van der Waals surface area (Å²) in [7, 11) is 1.50. The number of carboxylic acids is 1. The highest BCUT2D eigenvalue weighted by molar-refractivity contribution is 5.95. The fourth-order valence-electron chi connectivity index (χ4n) is 2.74. The Labute approximate surface area is 167 Å². The number of carbonyl (C=O) groups excluding carboxylic acids is 2. The standard InChI is InChI=1S/C21H22N2O6/c1-28-11-13-7-15(21(26)27)9-17(8-13)22-19(24)12-29-18-4-2-3-16(10-18)23-20(25)14-5-6-14/h2-4,7-10,14H,5-6,11-12H2,1H3,(H,22,24)(H,23,25)(H,26,27). The number of amides is 2. The van der Waals surface area contributed by atoms with E-state index in [1.54, 1.807) is 30.3 Å². The molecule has 29 heavy (non-hydrogen) atoms. The lowest BCUT2D eigenvalue weighted by atomic mass is 10.1. The van der Waals surface area contributed by atoms with Crippen LogP contribution in [0, 0.1) is 5.92 Å². The summed E-state index contributed by atoms with van der Waals surface area (Å²) >= 11 is 0. The number of ether oxygens (including phenoxy) is 2. The van der Waals surface area contributed by atoms with Crippen LogP contribution in [-0.2, 0) is 20.9 Å². The molecule has 1 aliphatic rings. The van der Waals surface area contributed by atoms with Gasteiger partial charge < -0.3 is 25.2 Å². The molecule has 3 rings (SSSR count). The van der Waals surface area contributed by atoms with Crippen molar-refractivity contribution in [2.75, 3.05) is 24.4 Å². The van der Waals surface area contributed by atoms with Gasteiger partial charge >= 0.3 is 5.97 Å². The second-order valence-corrected chi connectivity index (χ2v) is 6.78. The average Bonchev–Trinajstić information content (AvgIpc) is 3.52. The summed E-state index contributed by atoms with van der Waals surface area (Å²) in [6, 6.07) is 11.3.